The van der Waals surface area contributed by atoms with Gasteiger partial charge in [-0.1, -0.05) is 12.1 Å². The van der Waals surface area contributed by atoms with Crippen LogP contribution in [-0.2, 0) is 11.2 Å². The Morgan fingerprint density at radius 1 is 1.29 bits per heavy atom. The van der Waals surface area contributed by atoms with Crippen molar-refractivity contribution in [1.29, 1.82) is 0 Å². The summed E-state index contributed by atoms with van der Waals surface area (Å²) >= 11 is 0. The van der Waals surface area contributed by atoms with Gasteiger partial charge in [-0.25, -0.2) is 0 Å². The summed E-state index contributed by atoms with van der Waals surface area (Å²) in [5.41, 5.74) is 1.43. The molecule has 1 heterocycles. The summed E-state index contributed by atoms with van der Waals surface area (Å²) in [7, 11) is 0. The Hall–Kier alpha value is -2.36. The quantitative estimate of drug-likeness (QED) is 0.844. The number of carbonyl (C=O) groups excluding carboxylic acids is 1. The maximum absolute atomic E-state index is 11.7. The van der Waals surface area contributed by atoms with Gasteiger partial charge in [0.1, 0.15) is 5.75 Å². The first-order valence-electron chi connectivity index (χ1n) is 5.22. The molecule has 0 spiro atoms. The number of benzene rings is 1. The minimum absolute atomic E-state index is 0.136. The number of pyridine rings is 1. The van der Waals surface area contributed by atoms with E-state index < -0.39 is 0 Å². The summed E-state index contributed by atoms with van der Waals surface area (Å²) in [5.74, 6) is 0.0280. The lowest BCUT2D eigenvalue weighted by Crippen LogP contribution is -2.14. The van der Waals surface area contributed by atoms with Gasteiger partial charge in [0.25, 0.3) is 0 Å². The van der Waals surface area contributed by atoms with E-state index in [4.69, 9.17) is 0 Å². The van der Waals surface area contributed by atoms with Crippen LogP contribution in [0, 0.1) is 0 Å². The molecule has 0 radical (unpaired) electrons. The van der Waals surface area contributed by atoms with Gasteiger partial charge in [-0.3, -0.25) is 9.78 Å². The lowest BCUT2D eigenvalue weighted by molar-refractivity contribution is -0.115. The fourth-order valence-electron chi connectivity index (χ4n) is 1.49. The molecule has 4 nitrogen and oxygen atoms in total. The normalized spacial score (nSPS) is 9.88. The molecular weight excluding hydrogens is 216 g/mol. The largest absolute Gasteiger partial charge is 0.508 e. The number of nitrogens with one attached hydrogen (secondary N) is 1. The fourth-order valence-corrected chi connectivity index (χ4v) is 1.49. The van der Waals surface area contributed by atoms with Crippen LogP contribution in [0.1, 0.15) is 5.56 Å². The zero-order valence-electron chi connectivity index (χ0n) is 9.13. The Kier molecular flexibility index (Phi) is 3.35. The molecule has 0 aliphatic heterocycles. The van der Waals surface area contributed by atoms with E-state index in [9.17, 15) is 9.90 Å². The fraction of sp³-hybridized carbons (Fsp3) is 0.0769. The van der Waals surface area contributed by atoms with Gasteiger partial charge in [-0.15, -0.1) is 0 Å². The molecular formula is C13H12N2O2. The van der Waals surface area contributed by atoms with Gasteiger partial charge < -0.3 is 10.4 Å². The lowest BCUT2D eigenvalue weighted by Gasteiger charge is -2.04. The average Bonchev–Trinajstić information content (AvgIpc) is 2.30. The van der Waals surface area contributed by atoms with Crippen LogP contribution in [0.4, 0.5) is 5.69 Å². The number of aromatic hydroxyl groups is 1. The highest BCUT2D eigenvalue weighted by atomic mass is 16.3. The topological polar surface area (TPSA) is 62.2 Å². The second-order valence-corrected chi connectivity index (χ2v) is 3.64. The second kappa shape index (κ2) is 5.12. The van der Waals surface area contributed by atoms with Crippen LogP contribution in [-0.4, -0.2) is 16.0 Å². The number of rotatable bonds is 3. The van der Waals surface area contributed by atoms with Crippen molar-refractivity contribution in [3.05, 3.63) is 54.4 Å². The van der Waals surface area contributed by atoms with Crippen molar-refractivity contribution >= 4 is 11.6 Å². The van der Waals surface area contributed by atoms with Gasteiger partial charge >= 0.3 is 0 Å². The van der Waals surface area contributed by atoms with Crippen molar-refractivity contribution < 1.29 is 9.90 Å². The minimum Gasteiger partial charge on any atom is -0.508 e. The average molecular weight is 228 g/mol. The highest BCUT2D eigenvalue weighted by Crippen LogP contribution is 2.12. The van der Waals surface area contributed by atoms with Crippen LogP contribution < -0.4 is 5.32 Å². The van der Waals surface area contributed by atoms with Crippen LogP contribution in [0.15, 0.2) is 48.8 Å². The number of carbonyl (C=O) groups is 1. The monoisotopic (exact) mass is 228 g/mol. The van der Waals surface area contributed by atoms with Gasteiger partial charge in [-0.05, 0) is 29.8 Å². The Balaban J connectivity index is 1.98. The Labute approximate surface area is 98.9 Å². The highest BCUT2D eigenvalue weighted by Gasteiger charge is 2.04. The predicted octanol–water partition coefficient (Wildman–Crippen LogP) is 1.97. The van der Waals surface area contributed by atoms with Crippen molar-refractivity contribution in [2.45, 2.75) is 6.42 Å². The molecule has 1 aromatic carbocycles. The highest BCUT2D eigenvalue weighted by molar-refractivity contribution is 5.92. The first kappa shape index (κ1) is 11.1. The second-order valence-electron chi connectivity index (χ2n) is 3.64. The Morgan fingerprint density at radius 2 is 2.18 bits per heavy atom. The number of phenols is 1. The Bertz CT molecular complexity index is 512. The van der Waals surface area contributed by atoms with E-state index in [-0.39, 0.29) is 18.1 Å². The maximum Gasteiger partial charge on any atom is 0.228 e. The van der Waals surface area contributed by atoms with Gasteiger partial charge in [0.15, 0.2) is 0 Å². The predicted molar refractivity (Wildman–Crippen MR) is 64.7 cm³/mol. The standard InChI is InChI=1S/C13H12N2O2/c16-12-5-1-3-10(7-12)8-13(17)15-11-4-2-6-14-9-11/h1-7,9,16H,8H2,(H,15,17). The van der Waals surface area contributed by atoms with Crippen LogP contribution >= 0.6 is 0 Å². The molecule has 1 aromatic heterocycles. The summed E-state index contributed by atoms with van der Waals surface area (Å²) in [5, 5.41) is 12.0. The molecule has 2 N–H and O–H groups in total. The number of hydrogen-bond acceptors (Lipinski definition) is 3. The van der Waals surface area contributed by atoms with Crippen molar-refractivity contribution in [1.82, 2.24) is 4.98 Å². The third-order valence-electron chi connectivity index (χ3n) is 2.22. The number of aromatic nitrogens is 1. The zero-order chi connectivity index (χ0) is 12.1. The van der Waals surface area contributed by atoms with E-state index in [1.807, 2.05) is 0 Å². The summed E-state index contributed by atoms with van der Waals surface area (Å²) in [6.45, 7) is 0. The lowest BCUT2D eigenvalue weighted by atomic mass is 10.1. The smallest absolute Gasteiger partial charge is 0.228 e. The van der Waals surface area contributed by atoms with Gasteiger partial charge in [0.2, 0.25) is 5.91 Å². The first-order valence-corrected chi connectivity index (χ1v) is 5.22. The summed E-state index contributed by atoms with van der Waals surface area (Å²) in [6, 6.07) is 10.2. The van der Waals surface area contributed by atoms with Crippen LogP contribution in [0.2, 0.25) is 0 Å². The Morgan fingerprint density at radius 3 is 2.88 bits per heavy atom. The van der Waals surface area contributed by atoms with Gasteiger partial charge in [-0.2, -0.15) is 0 Å². The SMILES string of the molecule is O=C(Cc1cccc(O)c1)Nc1cccnc1. The van der Waals surface area contributed by atoms with E-state index in [1.165, 1.54) is 0 Å². The summed E-state index contributed by atoms with van der Waals surface area (Å²) < 4.78 is 0. The molecule has 0 bridgehead atoms. The van der Waals surface area contributed by atoms with Crippen molar-refractivity contribution in [3.8, 4) is 5.75 Å². The molecule has 2 rings (SSSR count). The molecule has 17 heavy (non-hydrogen) atoms. The van der Waals surface area contributed by atoms with E-state index in [2.05, 4.69) is 10.3 Å². The van der Waals surface area contributed by atoms with Gasteiger partial charge in [0, 0.05) is 6.20 Å². The molecule has 86 valence electrons. The number of amides is 1. The zero-order valence-corrected chi connectivity index (χ0v) is 9.13. The molecule has 0 saturated heterocycles. The van der Waals surface area contributed by atoms with Crippen molar-refractivity contribution in [2.24, 2.45) is 0 Å². The number of phenolic OH excluding ortho intramolecular Hbond substituents is 1. The third kappa shape index (κ3) is 3.31. The van der Waals surface area contributed by atoms with E-state index in [1.54, 1.807) is 48.8 Å². The molecule has 4 heteroatoms. The molecule has 2 aromatic rings. The summed E-state index contributed by atoms with van der Waals surface area (Å²) in [4.78, 5) is 15.6. The maximum atomic E-state index is 11.7. The molecule has 0 saturated carbocycles. The number of hydrogen-bond donors (Lipinski definition) is 2. The van der Waals surface area contributed by atoms with Crippen LogP contribution in [0.3, 0.4) is 0 Å². The van der Waals surface area contributed by atoms with Gasteiger partial charge in [0.05, 0.1) is 18.3 Å². The number of anilines is 1. The molecule has 0 aliphatic rings. The van der Waals surface area contributed by atoms with Crippen molar-refractivity contribution in [2.75, 3.05) is 5.32 Å². The molecule has 0 unspecified atom stereocenters. The van der Waals surface area contributed by atoms with Crippen LogP contribution in [0.5, 0.6) is 5.75 Å². The third-order valence-corrected chi connectivity index (χ3v) is 2.22. The van der Waals surface area contributed by atoms with E-state index in [0.717, 1.165) is 5.56 Å². The minimum atomic E-state index is -0.136. The molecule has 0 fully saturated rings. The van der Waals surface area contributed by atoms with Crippen LogP contribution in [0.25, 0.3) is 0 Å². The molecule has 0 atom stereocenters. The van der Waals surface area contributed by atoms with E-state index in [0.29, 0.717) is 5.69 Å². The van der Waals surface area contributed by atoms with E-state index >= 15 is 0 Å². The van der Waals surface area contributed by atoms with Crippen molar-refractivity contribution in [3.63, 3.8) is 0 Å². The molecule has 0 aliphatic carbocycles. The molecule has 1 amide bonds. The summed E-state index contributed by atoms with van der Waals surface area (Å²) in [6.07, 6.45) is 3.45. The first-order chi connectivity index (χ1) is 8.24. The number of nitrogens with zero attached hydrogens (tertiary/aromatic N) is 1.